The third-order valence-electron chi connectivity index (χ3n) is 2.03. The van der Waals surface area contributed by atoms with Gasteiger partial charge in [-0.3, -0.25) is 4.79 Å². The molecule has 0 saturated carbocycles. The van der Waals surface area contributed by atoms with E-state index in [0.29, 0.717) is 11.1 Å². The van der Waals surface area contributed by atoms with Crippen molar-refractivity contribution in [3.05, 3.63) is 29.3 Å². The fourth-order valence-corrected chi connectivity index (χ4v) is 1.53. The minimum Gasteiger partial charge on any atom is -0.508 e. The Kier molecular flexibility index (Phi) is 3.87. The molecule has 15 heavy (non-hydrogen) atoms. The van der Waals surface area contributed by atoms with Crippen LogP contribution in [0.2, 0.25) is 0 Å². The highest BCUT2D eigenvalue weighted by atomic mass is 79.9. The van der Waals surface area contributed by atoms with E-state index in [2.05, 4.69) is 15.9 Å². The lowest BCUT2D eigenvalue weighted by Gasteiger charge is -2.08. The Morgan fingerprint density at radius 1 is 1.67 bits per heavy atom. The van der Waals surface area contributed by atoms with Gasteiger partial charge in [-0.05, 0) is 13.0 Å². The highest BCUT2D eigenvalue weighted by Crippen LogP contribution is 2.23. The van der Waals surface area contributed by atoms with Crippen LogP contribution >= 0.6 is 15.9 Å². The van der Waals surface area contributed by atoms with Crippen LogP contribution in [-0.4, -0.2) is 15.7 Å². The molecule has 1 rings (SSSR count). The zero-order valence-corrected chi connectivity index (χ0v) is 9.78. The molecule has 0 amide bonds. The van der Waals surface area contributed by atoms with Crippen molar-refractivity contribution >= 4 is 21.7 Å². The number of Topliss-reactive ketones (excluding diaryl/α,β-unsaturated/α-hetero) is 1. The molecule has 4 heteroatoms. The number of carbonyl (C=O) groups excluding carboxylic acids is 1. The molecular formula is C11H10BrNO2. The van der Waals surface area contributed by atoms with E-state index in [0.717, 1.165) is 0 Å². The van der Waals surface area contributed by atoms with Gasteiger partial charge in [-0.1, -0.05) is 28.1 Å². The smallest absolute Gasteiger partial charge is 0.176 e. The van der Waals surface area contributed by atoms with E-state index >= 15 is 0 Å². The molecule has 0 spiro atoms. The van der Waals surface area contributed by atoms with E-state index in [4.69, 9.17) is 5.26 Å². The maximum Gasteiger partial charge on any atom is 0.176 e. The molecule has 78 valence electrons. The standard InChI is InChI=1S/C11H10BrNO2/c1-7(12)11(15)9-3-2-4-10(14)8(9)5-6-13/h2-4,7,14H,5H2,1H3. The van der Waals surface area contributed by atoms with Gasteiger partial charge in [0.1, 0.15) is 5.75 Å². The van der Waals surface area contributed by atoms with Crippen LogP contribution in [0.3, 0.4) is 0 Å². The molecule has 1 aromatic carbocycles. The number of aromatic hydroxyl groups is 1. The molecule has 0 fully saturated rings. The van der Waals surface area contributed by atoms with Gasteiger partial charge in [-0.15, -0.1) is 0 Å². The van der Waals surface area contributed by atoms with Crippen molar-refractivity contribution in [2.75, 3.05) is 0 Å². The normalized spacial score (nSPS) is 11.8. The van der Waals surface area contributed by atoms with Crippen LogP contribution in [0.1, 0.15) is 22.8 Å². The predicted molar refractivity (Wildman–Crippen MR) is 60.1 cm³/mol. The van der Waals surface area contributed by atoms with Gasteiger partial charge in [-0.25, -0.2) is 0 Å². The first-order valence-electron chi connectivity index (χ1n) is 4.44. The van der Waals surface area contributed by atoms with E-state index in [1.54, 1.807) is 19.1 Å². The SMILES string of the molecule is CC(Br)C(=O)c1cccc(O)c1CC#N. The number of nitriles is 1. The van der Waals surface area contributed by atoms with Crippen LogP contribution in [0.4, 0.5) is 0 Å². The number of phenolic OH excluding ortho intramolecular Hbond substituents is 1. The summed E-state index contributed by atoms with van der Waals surface area (Å²) in [5.41, 5.74) is 0.803. The summed E-state index contributed by atoms with van der Waals surface area (Å²) in [6.45, 7) is 1.71. The molecular weight excluding hydrogens is 258 g/mol. The lowest BCUT2D eigenvalue weighted by Crippen LogP contribution is -2.12. The molecule has 0 saturated heterocycles. The Morgan fingerprint density at radius 3 is 2.87 bits per heavy atom. The van der Waals surface area contributed by atoms with Crippen molar-refractivity contribution in [1.82, 2.24) is 0 Å². The van der Waals surface area contributed by atoms with Crippen molar-refractivity contribution in [3.8, 4) is 11.8 Å². The zero-order valence-electron chi connectivity index (χ0n) is 8.20. The largest absolute Gasteiger partial charge is 0.508 e. The lowest BCUT2D eigenvalue weighted by molar-refractivity contribution is 0.0994. The van der Waals surface area contributed by atoms with Crippen LogP contribution in [0.5, 0.6) is 5.75 Å². The lowest BCUT2D eigenvalue weighted by atomic mass is 9.99. The summed E-state index contributed by atoms with van der Waals surface area (Å²) in [5.74, 6) is -0.133. The van der Waals surface area contributed by atoms with Crippen molar-refractivity contribution in [2.45, 2.75) is 18.2 Å². The summed E-state index contributed by atoms with van der Waals surface area (Å²) in [7, 11) is 0. The van der Waals surface area contributed by atoms with Crippen LogP contribution < -0.4 is 0 Å². The van der Waals surface area contributed by atoms with Gasteiger partial charge in [-0.2, -0.15) is 5.26 Å². The van der Waals surface area contributed by atoms with Crippen molar-refractivity contribution in [2.24, 2.45) is 0 Å². The average Bonchev–Trinajstić information content (AvgIpc) is 2.20. The number of halogens is 1. The second-order valence-electron chi connectivity index (χ2n) is 3.12. The minimum atomic E-state index is -0.322. The number of benzene rings is 1. The molecule has 0 aromatic heterocycles. The van der Waals surface area contributed by atoms with Gasteiger partial charge < -0.3 is 5.11 Å². The Bertz CT molecular complexity index is 421. The maximum atomic E-state index is 11.7. The first-order valence-corrected chi connectivity index (χ1v) is 5.35. The Balaban J connectivity index is 3.23. The molecule has 0 bridgehead atoms. The first kappa shape index (κ1) is 11.7. The van der Waals surface area contributed by atoms with E-state index in [1.807, 2.05) is 6.07 Å². The van der Waals surface area contributed by atoms with Crippen molar-refractivity contribution in [3.63, 3.8) is 0 Å². The molecule has 1 N–H and O–H groups in total. The zero-order chi connectivity index (χ0) is 11.4. The number of rotatable bonds is 3. The number of carbonyl (C=O) groups is 1. The maximum absolute atomic E-state index is 11.7. The predicted octanol–water partition coefficient (Wildman–Crippen LogP) is 2.42. The van der Waals surface area contributed by atoms with Crippen LogP contribution in [0.15, 0.2) is 18.2 Å². The minimum absolute atomic E-state index is 0.00412. The number of hydrogen-bond donors (Lipinski definition) is 1. The second kappa shape index (κ2) is 4.94. The summed E-state index contributed by atoms with van der Waals surface area (Å²) in [4.78, 5) is 11.4. The number of hydrogen-bond acceptors (Lipinski definition) is 3. The summed E-state index contributed by atoms with van der Waals surface area (Å²) < 4.78 is 0. The Hall–Kier alpha value is -1.34. The van der Waals surface area contributed by atoms with E-state index < -0.39 is 0 Å². The Morgan fingerprint density at radius 2 is 2.33 bits per heavy atom. The quantitative estimate of drug-likeness (QED) is 0.676. The van der Waals surface area contributed by atoms with Gasteiger partial charge in [0, 0.05) is 11.1 Å². The molecule has 1 atom stereocenters. The fraction of sp³-hybridized carbons (Fsp3) is 0.273. The molecule has 0 heterocycles. The molecule has 0 radical (unpaired) electrons. The van der Waals surface area contributed by atoms with Gasteiger partial charge in [0.2, 0.25) is 0 Å². The number of phenols is 1. The van der Waals surface area contributed by atoms with E-state index in [9.17, 15) is 9.90 Å². The van der Waals surface area contributed by atoms with Gasteiger partial charge >= 0.3 is 0 Å². The summed E-state index contributed by atoms with van der Waals surface area (Å²) >= 11 is 3.17. The average molecular weight is 268 g/mol. The van der Waals surface area contributed by atoms with Crippen LogP contribution in [0, 0.1) is 11.3 Å². The molecule has 1 aromatic rings. The number of nitrogens with zero attached hydrogens (tertiary/aromatic N) is 1. The molecule has 1 unspecified atom stereocenters. The van der Waals surface area contributed by atoms with Crippen molar-refractivity contribution in [1.29, 1.82) is 5.26 Å². The topological polar surface area (TPSA) is 61.1 Å². The van der Waals surface area contributed by atoms with Crippen LogP contribution in [0.25, 0.3) is 0 Å². The van der Waals surface area contributed by atoms with E-state index in [-0.39, 0.29) is 22.8 Å². The third kappa shape index (κ3) is 2.57. The fourth-order valence-electron chi connectivity index (χ4n) is 1.28. The monoisotopic (exact) mass is 267 g/mol. The van der Waals surface area contributed by atoms with Crippen molar-refractivity contribution < 1.29 is 9.90 Å². The number of ketones is 1. The van der Waals surface area contributed by atoms with Gasteiger partial charge in [0.25, 0.3) is 0 Å². The van der Waals surface area contributed by atoms with Gasteiger partial charge in [0.15, 0.2) is 5.78 Å². The molecule has 0 aliphatic carbocycles. The van der Waals surface area contributed by atoms with E-state index in [1.165, 1.54) is 6.07 Å². The van der Waals surface area contributed by atoms with Crippen LogP contribution in [-0.2, 0) is 6.42 Å². The highest BCUT2D eigenvalue weighted by molar-refractivity contribution is 9.10. The second-order valence-corrected chi connectivity index (χ2v) is 4.49. The molecule has 3 nitrogen and oxygen atoms in total. The highest BCUT2D eigenvalue weighted by Gasteiger charge is 2.17. The van der Waals surface area contributed by atoms with Gasteiger partial charge in [0.05, 0.1) is 17.3 Å². The summed E-state index contributed by atoms with van der Waals surface area (Å²) in [5, 5.41) is 18.1. The first-order chi connectivity index (χ1) is 7.07. The molecule has 0 aliphatic rings. The Labute approximate surface area is 96.5 Å². The third-order valence-corrected chi connectivity index (χ3v) is 2.45. The number of alkyl halides is 1. The summed E-state index contributed by atoms with van der Waals surface area (Å²) in [6, 6.07) is 6.62. The summed E-state index contributed by atoms with van der Waals surface area (Å²) in [6.07, 6.45) is 0.0352. The molecule has 0 aliphatic heterocycles.